The number of guanidine groups is 1. The number of nitrogens with zero attached hydrogens (tertiary/aromatic N) is 3. The summed E-state index contributed by atoms with van der Waals surface area (Å²) in [5.41, 5.74) is 7.44. The summed E-state index contributed by atoms with van der Waals surface area (Å²) in [5, 5.41) is 5.70. The first-order chi connectivity index (χ1) is 12.5. The fourth-order valence-electron chi connectivity index (χ4n) is 2.85. The first kappa shape index (κ1) is 18.2. The number of nitrogens with one attached hydrogen (secondary N) is 2. The number of hydrogen-bond donors (Lipinski definition) is 3. The van der Waals surface area contributed by atoms with E-state index in [-0.39, 0.29) is 24.1 Å². The van der Waals surface area contributed by atoms with Crippen molar-refractivity contribution in [1.29, 1.82) is 0 Å². The molecule has 8 nitrogen and oxygen atoms in total. The highest BCUT2D eigenvalue weighted by molar-refractivity contribution is 9.10. The number of nitrogens with two attached hydrogens (primary N) is 1. The summed E-state index contributed by atoms with van der Waals surface area (Å²) in [6, 6.07) is 7.95. The molecule has 0 bridgehead atoms. The Kier molecular flexibility index (Phi) is 5.46. The van der Waals surface area contributed by atoms with Crippen molar-refractivity contribution < 1.29 is 9.59 Å². The van der Waals surface area contributed by atoms with Crippen LogP contribution in [0.15, 0.2) is 45.2 Å². The fraction of sp³-hybridized carbons (Fsp3) is 0.353. The van der Waals surface area contributed by atoms with E-state index in [1.165, 1.54) is 4.90 Å². The molecule has 0 saturated carbocycles. The molecule has 0 aromatic heterocycles. The van der Waals surface area contributed by atoms with Gasteiger partial charge in [-0.25, -0.2) is 0 Å². The Balaban J connectivity index is 1.51. The van der Waals surface area contributed by atoms with E-state index in [1.807, 2.05) is 24.3 Å². The minimum Gasteiger partial charge on any atom is -0.383 e. The number of rotatable bonds is 6. The minimum atomic E-state index is -0.290. The highest BCUT2D eigenvalue weighted by atomic mass is 79.9. The van der Waals surface area contributed by atoms with E-state index in [9.17, 15) is 9.59 Å². The Hall–Kier alpha value is -2.55. The Morgan fingerprint density at radius 2 is 2.08 bits per heavy atom. The van der Waals surface area contributed by atoms with Crippen molar-refractivity contribution >= 4 is 33.7 Å². The molecule has 1 aromatic rings. The van der Waals surface area contributed by atoms with Gasteiger partial charge in [-0.2, -0.15) is 0 Å². The van der Waals surface area contributed by atoms with Crippen LogP contribution in [-0.4, -0.2) is 60.8 Å². The fourth-order valence-corrected chi connectivity index (χ4v) is 3.11. The number of carbonyl (C=O) groups is 2. The van der Waals surface area contributed by atoms with Gasteiger partial charge in [0.1, 0.15) is 11.5 Å². The molecule has 138 valence electrons. The summed E-state index contributed by atoms with van der Waals surface area (Å²) in [4.78, 5) is 31.9. The lowest BCUT2D eigenvalue weighted by Gasteiger charge is -2.33. The third kappa shape index (κ3) is 3.82. The number of benzene rings is 1. The maximum atomic E-state index is 12.4. The van der Waals surface area contributed by atoms with Crippen LogP contribution in [0.4, 0.5) is 0 Å². The Bertz CT molecular complexity index is 774. The molecule has 3 rings (SSSR count). The monoisotopic (exact) mass is 420 g/mol. The first-order valence-corrected chi connectivity index (χ1v) is 9.11. The molecule has 0 aliphatic carbocycles. The zero-order chi connectivity index (χ0) is 18.7. The molecule has 2 aliphatic rings. The van der Waals surface area contributed by atoms with Gasteiger partial charge in [-0.15, -0.1) is 0 Å². The van der Waals surface area contributed by atoms with Crippen molar-refractivity contribution in [3.05, 3.63) is 45.8 Å². The van der Waals surface area contributed by atoms with Crippen LogP contribution >= 0.6 is 15.9 Å². The van der Waals surface area contributed by atoms with Crippen molar-refractivity contribution in [2.75, 3.05) is 33.2 Å². The first-order valence-electron chi connectivity index (χ1n) is 8.32. The van der Waals surface area contributed by atoms with E-state index in [1.54, 1.807) is 11.9 Å². The lowest BCUT2D eigenvalue weighted by molar-refractivity contribution is -0.124. The third-order valence-electron chi connectivity index (χ3n) is 4.26. The van der Waals surface area contributed by atoms with Gasteiger partial charge in [0.15, 0.2) is 0 Å². The van der Waals surface area contributed by atoms with Gasteiger partial charge in [-0.05, 0) is 24.1 Å². The molecule has 4 N–H and O–H groups in total. The molecule has 2 aliphatic heterocycles. The predicted octanol–water partition coefficient (Wildman–Crippen LogP) is -0.0312. The number of halogens is 1. The van der Waals surface area contributed by atoms with Crippen molar-refractivity contribution in [2.24, 2.45) is 10.7 Å². The van der Waals surface area contributed by atoms with Crippen LogP contribution in [0.5, 0.6) is 0 Å². The molecule has 0 atom stereocenters. The molecule has 0 radical (unpaired) electrons. The summed E-state index contributed by atoms with van der Waals surface area (Å²) in [5.74, 6) is 0.379. The molecule has 0 spiro atoms. The van der Waals surface area contributed by atoms with Gasteiger partial charge < -0.3 is 16.4 Å². The average Bonchev–Trinajstić information content (AvgIpc) is 3.12. The normalized spacial score (nSPS) is 16.5. The summed E-state index contributed by atoms with van der Waals surface area (Å²) >= 11 is 3.39. The van der Waals surface area contributed by atoms with E-state index >= 15 is 0 Å². The molecular weight excluding hydrogens is 400 g/mol. The molecule has 0 saturated heterocycles. The van der Waals surface area contributed by atoms with Crippen LogP contribution in [0.25, 0.3) is 0 Å². The van der Waals surface area contributed by atoms with Crippen molar-refractivity contribution in [1.82, 2.24) is 20.4 Å². The van der Waals surface area contributed by atoms with Crippen LogP contribution in [0.3, 0.4) is 0 Å². The number of aliphatic imine (C=N–C) groups is 1. The zero-order valence-corrected chi connectivity index (χ0v) is 16.0. The zero-order valence-electron chi connectivity index (χ0n) is 14.5. The van der Waals surface area contributed by atoms with E-state index in [2.05, 4.69) is 31.6 Å². The maximum absolute atomic E-state index is 12.4. The number of carbonyl (C=O) groups excluding carboxylic acids is 2. The molecule has 26 heavy (non-hydrogen) atoms. The molecule has 0 fully saturated rings. The van der Waals surface area contributed by atoms with Gasteiger partial charge in [0.2, 0.25) is 11.9 Å². The Morgan fingerprint density at radius 3 is 2.81 bits per heavy atom. The van der Waals surface area contributed by atoms with Crippen molar-refractivity contribution in [2.45, 2.75) is 6.42 Å². The topological polar surface area (TPSA) is 103 Å². The highest BCUT2D eigenvalue weighted by Crippen LogP contribution is 2.19. The van der Waals surface area contributed by atoms with Gasteiger partial charge in [0.05, 0.1) is 13.1 Å². The number of hydrogen-bond acceptors (Lipinski definition) is 6. The summed E-state index contributed by atoms with van der Waals surface area (Å²) in [6.45, 7) is 1.73. The lowest BCUT2D eigenvalue weighted by Crippen LogP contribution is -2.53. The average molecular weight is 421 g/mol. The number of fused-ring (bicyclic) bond motifs is 1. The van der Waals surface area contributed by atoms with E-state index in [0.717, 1.165) is 16.5 Å². The highest BCUT2D eigenvalue weighted by Gasteiger charge is 2.36. The predicted molar refractivity (Wildman–Crippen MR) is 102 cm³/mol. The molecule has 1 aromatic carbocycles. The second-order valence-corrected chi connectivity index (χ2v) is 6.95. The van der Waals surface area contributed by atoms with E-state index in [4.69, 9.17) is 5.73 Å². The summed E-state index contributed by atoms with van der Waals surface area (Å²) < 4.78 is 1.02. The Labute approximate surface area is 160 Å². The number of likely N-dealkylation sites (N-methyl/N-ethyl adjacent to an activating group) is 1. The quantitative estimate of drug-likeness (QED) is 0.599. The molecule has 0 unspecified atom stereocenters. The van der Waals surface area contributed by atoms with Crippen LogP contribution in [0.1, 0.15) is 5.56 Å². The standard InChI is InChI=1S/C17H21BrN6O2/c1-23-16(26)14(15(19)24-9-8-21-17(23)24)22-10-13(25)20-7-6-11-2-4-12(18)5-3-11/h2-5,22H,6-10,19H2,1H3,(H,20,25). The summed E-state index contributed by atoms with van der Waals surface area (Å²) in [7, 11) is 1.64. The summed E-state index contributed by atoms with van der Waals surface area (Å²) in [6.07, 6.45) is 0.735. The lowest BCUT2D eigenvalue weighted by atomic mass is 10.1. The third-order valence-corrected chi connectivity index (χ3v) is 4.79. The van der Waals surface area contributed by atoms with E-state index in [0.29, 0.717) is 31.4 Å². The van der Waals surface area contributed by atoms with Gasteiger partial charge in [-0.3, -0.25) is 24.4 Å². The smallest absolute Gasteiger partial charge is 0.280 e. The van der Waals surface area contributed by atoms with Gasteiger partial charge >= 0.3 is 0 Å². The molecule has 2 heterocycles. The Morgan fingerprint density at radius 1 is 1.35 bits per heavy atom. The van der Waals surface area contributed by atoms with Crippen molar-refractivity contribution in [3.63, 3.8) is 0 Å². The molecule has 2 amide bonds. The van der Waals surface area contributed by atoms with Gasteiger partial charge in [0.25, 0.3) is 5.91 Å². The van der Waals surface area contributed by atoms with Crippen LogP contribution in [0, 0.1) is 0 Å². The number of amides is 2. The maximum Gasteiger partial charge on any atom is 0.280 e. The van der Waals surface area contributed by atoms with Crippen molar-refractivity contribution in [3.8, 4) is 0 Å². The van der Waals surface area contributed by atoms with Gasteiger partial charge in [0, 0.05) is 24.6 Å². The molecule has 9 heteroatoms. The SMILES string of the molecule is CN1C(=O)C(NCC(=O)NCCc2ccc(Br)cc2)=C(N)N2CCN=C12. The molecular formula is C17H21BrN6O2. The minimum absolute atomic E-state index is 0.0176. The second kappa shape index (κ2) is 7.77. The second-order valence-electron chi connectivity index (χ2n) is 6.04. The van der Waals surface area contributed by atoms with Crippen LogP contribution in [0.2, 0.25) is 0 Å². The van der Waals surface area contributed by atoms with Crippen LogP contribution < -0.4 is 16.4 Å². The van der Waals surface area contributed by atoms with Gasteiger partial charge in [-0.1, -0.05) is 28.1 Å². The van der Waals surface area contributed by atoms with E-state index < -0.39 is 0 Å². The largest absolute Gasteiger partial charge is 0.383 e. The van der Waals surface area contributed by atoms with Crippen LogP contribution in [-0.2, 0) is 16.0 Å².